The van der Waals surface area contributed by atoms with Gasteiger partial charge in [-0.25, -0.2) is 0 Å². The van der Waals surface area contributed by atoms with Gasteiger partial charge in [0.15, 0.2) is 0 Å². The fourth-order valence-electron chi connectivity index (χ4n) is 1.29. The number of fused-ring (bicyclic) bond motifs is 1. The molecular formula is C11H11NOS. The monoisotopic (exact) mass is 205 g/mol. The highest BCUT2D eigenvalue weighted by atomic mass is 32.1. The van der Waals surface area contributed by atoms with Crippen LogP contribution in [0.3, 0.4) is 0 Å². The summed E-state index contributed by atoms with van der Waals surface area (Å²) < 4.78 is 5.42. The molecule has 0 spiro atoms. The van der Waals surface area contributed by atoms with E-state index in [0.29, 0.717) is 12.4 Å². The van der Waals surface area contributed by atoms with E-state index < -0.39 is 0 Å². The molecule has 72 valence electrons. The number of rotatable bonds is 3. The van der Waals surface area contributed by atoms with Crippen LogP contribution in [0, 0.1) is 0 Å². The van der Waals surface area contributed by atoms with Crippen molar-refractivity contribution in [2.45, 2.75) is 0 Å². The zero-order valence-electron chi connectivity index (χ0n) is 7.68. The first-order valence-corrected chi connectivity index (χ1v) is 5.12. The fraction of sp³-hybridized carbons (Fsp3) is 0.182. The lowest BCUT2D eigenvalue weighted by Crippen LogP contribution is -1.98. The molecule has 14 heavy (non-hydrogen) atoms. The molecule has 0 radical (unpaired) electrons. The second-order valence-electron chi connectivity index (χ2n) is 2.94. The van der Waals surface area contributed by atoms with E-state index in [-0.39, 0.29) is 0 Å². The molecule has 0 unspecified atom stereocenters. The van der Waals surface area contributed by atoms with Crippen molar-refractivity contribution in [2.24, 2.45) is 0 Å². The van der Waals surface area contributed by atoms with Crippen molar-refractivity contribution in [2.75, 3.05) is 12.4 Å². The minimum Gasteiger partial charge on any atom is -0.491 e. The Morgan fingerprint density at radius 1 is 1.29 bits per heavy atom. The van der Waals surface area contributed by atoms with Crippen LogP contribution in [0.5, 0.6) is 5.75 Å². The highest BCUT2D eigenvalue weighted by Gasteiger charge is 1.96. The average molecular weight is 205 g/mol. The lowest BCUT2D eigenvalue weighted by molar-refractivity contribution is 0.343. The molecule has 0 amide bonds. The molecule has 2 nitrogen and oxygen atoms in total. The molecule has 0 saturated carbocycles. The quantitative estimate of drug-likeness (QED) is 0.778. The van der Waals surface area contributed by atoms with Gasteiger partial charge in [-0.15, -0.1) is 0 Å². The smallest absolute Gasteiger partial charge is 0.138 e. The van der Waals surface area contributed by atoms with Crippen molar-refractivity contribution >= 4 is 23.5 Å². The lowest BCUT2D eigenvalue weighted by atomic mass is 10.2. The van der Waals surface area contributed by atoms with Crippen LogP contribution >= 0.6 is 12.6 Å². The van der Waals surface area contributed by atoms with Gasteiger partial charge in [-0.1, -0.05) is 18.2 Å². The Labute approximate surface area is 88.3 Å². The molecule has 2 aromatic rings. The van der Waals surface area contributed by atoms with Gasteiger partial charge in [0.1, 0.15) is 5.75 Å². The maximum atomic E-state index is 5.42. The molecule has 0 fully saturated rings. The molecule has 1 heterocycles. The second kappa shape index (κ2) is 4.33. The summed E-state index contributed by atoms with van der Waals surface area (Å²) in [6, 6.07) is 9.97. The van der Waals surface area contributed by atoms with Gasteiger partial charge in [0.25, 0.3) is 0 Å². The van der Waals surface area contributed by atoms with Gasteiger partial charge in [-0.3, -0.25) is 4.98 Å². The van der Waals surface area contributed by atoms with Gasteiger partial charge in [0, 0.05) is 11.1 Å². The molecule has 3 heteroatoms. The Bertz CT molecular complexity index is 430. The zero-order valence-corrected chi connectivity index (χ0v) is 8.58. The molecule has 0 bridgehead atoms. The number of ether oxygens (including phenoxy) is 1. The molecule has 0 aliphatic carbocycles. The van der Waals surface area contributed by atoms with Gasteiger partial charge in [-0.05, 0) is 12.1 Å². The van der Waals surface area contributed by atoms with E-state index >= 15 is 0 Å². The molecule has 0 aliphatic heterocycles. The standard InChI is InChI=1S/C11H11NOS/c14-6-5-13-10-7-9-3-1-2-4-11(9)12-8-10/h1-4,7-8,14H,5-6H2. The van der Waals surface area contributed by atoms with Crippen molar-refractivity contribution in [3.63, 3.8) is 0 Å². The Hall–Kier alpha value is -1.22. The maximum absolute atomic E-state index is 5.42. The summed E-state index contributed by atoms with van der Waals surface area (Å²) in [7, 11) is 0. The normalized spacial score (nSPS) is 10.4. The van der Waals surface area contributed by atoms with Crippen LogP contribution in [0.2, 0.25) is 0 Å². The number of hydrogen-bond acceptors (Lipinski definition) is 3. The zero-order chi connectivity index (χ0) is 9.80. The minimum atomic E-state index is 0.614. The lowest BCUT2D eigenvalue weighted by Gasteiger charge is -2.04. The Balaban J connectivity index is 2.32. The summed E-state index contributed by atoms with van der Waals surface area (Å²) in [4.78, 5) is 4.28. The molecule has 0 N–H and O–H groups in total. The number of hydrogen-bond donors (Lipinski definition) is 1. The largest absolute Gasteiger partial charge is 0.491 e. The third-order valence-electron chi connectivity index (χ3n) is 1.93. The first-order chi connectivity index (χ1) is 6.90. The Morgan fingerprint density at radius 3 is 3.00 bits per heavy atom. The summed E-state index contributed by atoms with van der Waals surface area (Å²) in [5.74, 6) is 1.52. The molecule has 1 aromatic carbocycles. The van der Waals surface area contributed by atoms with Gasteiger partial charge >= 0.3 is 0 Å². The molecule has 0 saturated heterocycles. The van der Waals surface area contributed by atoms with Crippen molar-refractivity contribution in [3.8, 4) is 5.75 Å². The predicted octanol–water partition coefficient (Wildman–Crippen LogP) is 2.54. The van der Waals surface area contributed by atoms with Crippen molar-refractivity contribution in [3.05, 3.63) is 36.5 Å². The van der Waals surface area contributed by atoms with Gasteiger partial charge in [0.05, 0.1) is 18.3 Å². The van der Waals surface area contributed by atoms with Crippen molar-refractivity contribution in [1.82, 2.24) is 4.98 Å². The molecular weight excluding hydrogens is 194 g/mol. The summed E-state index contributed by atoms with van der Waals surface area (Å²) in [6.45, 7) is 0.614. The molecule has 0 atom stereocenters. The summed E-state index contributed by atoms with van der Waals surface area (Å²) in [6.07, 6.45) is 1.74. The first-order valence-electron chi connectivity index (χ1n) is 4.48. The summed E-state index contributed by atoms with van der Waals surface area (Å²) in [5.41, 5.74) is 0.991. The van der Waals surface area contributed by atoms with E-state index in [9.17, 15) is 0 Å². The third-order valence-corrected chi connectivity index (χ3v) is 2.11. The number of nitrogens with zero attached hydrogens (tertiary/aromatic N) is 1. The highest BCUT2D eigenvalue weighted by Crippen LogP contribution is 2.17. The van der Waals surface area contributed by atoms with E-state index in [1.807, 2.05) is 30.3 Å². The fourth-order valence-corrected chi connectivity index (χ4v) is 1.38. The van der Waals surface area contributed by atoms with Crippen LogP contribution in [-0.2, 0) is 0 Å². The topological polar surface area (TPSA) is 22.1 Å². The van der Waals surface area contributed by atoms with Crippen LogP contribution in [-0.4, -0.2) is 17.3 Å². The molecule has 0 aliphatic rings. The van der Waals surface area contributed by atoms with Gasteiger partial charge < -0.3 is 4.74 Å². The number of aromatic nitrogens is 1. The number of para-hydroxylation sites is 1. The molecule has 2 rings (SSSR count). The van der Waals surface area contributed by atoms with E-state index in [1.165, 1.54) is 0 Å². The van der Waals surface area contributed by atoms with E-state index in [2.05, 4.69) is 17.6 Å². The number of pyridine rings is 1. The second-order valence-corrected chi connectivity index (χ2v) is 3.38. The van der Waals surface area contributed by atoms with Crippen LogP contribution in [0.25, 0.3) is 10.9 Å². The number of thiol groups is 1. The number of benzene rings is 1. The highest BCUT2D eigenvalue weighted by molar-refractivity contribution is 7.80. The van der Waals surface area contributed by atoms with Crippen molar-refractivity contribution < 1.29 is 4.74 Å². The van der Waals surface area contributed by atoms with E-state index in [0.717, 1.165) is 16.7 Å². The van der Waals surface area contributed by atoms with Crippen molar-refractivity contribution in [1.29, 1.82) is 0 Å². The Morgan fingerprint density at radius 2 is 2.14 bits per heavy atom. The average Bonchev–Trinajstić information content (AvgIpc) is 2.26. The van der Waals surface area contributed by atoms with Crippen LogP contribution in [0.15, 0.2) is 36.5 Å². The van der Waals surface area contributed by atoms with Crippen LogP contribution < -0.4 is 4.74 Å². The van der Waals surface area contributed by atoms with E-state index in [1.54, 1.807) is 6.20 Å². The van der Waals surface area contributed by atoms with Crippen LogP contribution in [0.1, 0.15) is 0 Å². The summed E-state index contributed by atoms with van der Waals surface area (Å²) in [5, 5.41) is 1.10. The SMILES string of the molecule is SCCOc1cnc2ccccc2c1. The first kappa shape index (κ1) is 9.34. The van der Waals surface area contributed by atoms with Crippen LogP contribution in [0.4, 0.5) is 0 Å². The predicted molar refractivity (Wildman–Crippen MR) is 61.1 cm³/mol. The minimum absolute atomic E-state index is 0.614. The van der Waals surface area contributed by atoms with E-state index in [4.69, 9.17) is 4.74 Å². The summed E-state index contributed by atoms with van der Waals surface area (Å²) >= 11 is 4.08. The third kappa shape index (κ3) is 1.99. The maximum Gasteiger partial charge on any atom is 0.138 e. The molecule has 1 aromatic heterocycles. The van der Waals surface area contributed by atoms with Gasteiger partial charge in [-0.2, -0.15) is 12.6 Å². The Kier molecular flexibility index (Phi) is 2.89. The van der Waals surface area contributed by atoms with Gasteiger partial charge in [0.2, 0.25) is 0 Å².